The largest absolute Gasteiger partial charge is 0.387 e. The van der Waals surface area contributed by atoms with Gasteiger partial charge in [-0.2, -0.15) is 0 Å². The Morgan fingerprint density at radius 2 is 1.40 bits per heavy atom. The summed E-state index contributed by atoms with van der Waals surface area (Å²) in [4.78, 5) is 24.3. The topological polar surface area (TPSA) is 239 Å². The minimum atomic E-state index is -4.75. The lowest BCUT2D eigenvalue weighted by Gasteiger charge is -2.22. The Balaban J connectivity index is 1.58. The van der Waals surface area contributed by atoms with Gasteiger partial charge in [-0.15, -0.1) is 0 Å². The Kier molecular flexibility index (Phi) is 6.32. The Hall–Kier alpha value is -1.52. The molecule has 2 saturated heterocycles. The van der Waals surface area contributed by atoms with Crippen molar-refractivity contribution in [2.45, 2.75) is 49.1 Å². The maximum Gasteiger partial charge on any atom is 0.340 e. The Morgan fingerprint density at radius 1 is 0.886 bits per heavy atom. The van der Waals surface area contributed by atoms with E-state index in [2.05, 4.69) is 4.98 Å². The van der Waals surface area contributed by atoms with Crippen molar-refractivity contribution in [2.75, 3.05) is 19.1 Å². The van der Waals surface area contributed by atoms with Crippen molar-refractivity contribution in [3.05, 3.63) is 24.1 Å². The average Bonchev–Trinajstić information content (AvgIpc) is 3.41. The van der Waals surface area contributed by atoms with Gasteiger partial charge in [0.2, 0.25) is 0 Å². The minimum Gasteiger partial charge on any atom is -0.387 e. The maximum absolute atomic E-state index is 12.4. The van der Waals surface area contributed by atoms with Crippen LogP contribution < -0.4 is 5.49 Å². The second-order valence-corrected chi connectivity index (χ2v) is 12.8. The van der Waals surface area contributed by atoms with E-state index in [4.69, 9.17) is 23.9 Å². The fourth-order valence-corrected chi connectivity index (χ4v) is 7.58. The third-order valence-corrected chi connectivity index (χ3v) is 10.1. The van der Waals surface area contributed by atoms with Crippen LogP contribution in [-0.2, 0) is 27.7 Å². The SMILES string of the molecule is N=c1c2ncn3c2ccn1[C@H]1O[C@@H](COP(=O)(O)CP(=O)(O)OC[C@H]2O[C@H]3[C@H](O)[C@@H]2O)[C@H](O)[C@@H]1O. The number of rotatable bonds is 0. The summed E-state index contributed by atoms with van der Waals surface area (Å²) in [7, 11) is -9.49. The highest BCUT2D eigenvalue weighted by Crippen LogP contribution is 2.58. The number of aromatic nitrogens is 3. The third-order valence-electron chi connectivity index (χ3n) is 6.17. The van der Waals surface area contributed by atoms with Crippen LogP contribution in [0, 0.1) is 5.41 Å². The van der Waals surface area contributed by atoms with E-state index in [1.54, 1.807) is 0 Å². The summed E-state index contributed by atoms with van der Waals surface area (Å²) in [5, 5.41) is 50.3. The lowest BCUT2D eigenvalue weighted by Crippen LogP contribution is -2.35. The van der Waals surface area contributed by atoms with E-state index in [1.807, 2.05) is 0 Å². The summed E-state index contributed by atoms with van der Waals surface area (Å²) < 4.78 is 48.3. The van der Waals surface area contributed by atoms with Crippen molar-refractivity contribution in [2.24, 2.45) is 0 Å². The molecule has 4 aliphatic heterocycles. The molecule has 194 valence electrons. The molecule has 8 bridgehead atoms. The molecule has 0 saturated carbocycles. The Morgan fingerprint density at radius 3 is 1.94 bits per heavy atom. The molecule has 2 fully saturated rings. The highest BCUT2D eigenvalue weighted by molar-refractivity contribution is 7.70. The number of imidazole rings is 1. The first-order chi connectivity index (χ1) is 16.4. The summed E-state index contributed by atoms with van der Waals surface area (Å²) in [6, 6.07) is 1.49. The van der Waals surface area contributed by atoms with Crippen molar-refractivity contribution < 1.29 is 57.9 Å². The molecule has 0 aromatic carbocycles. The van der Waals surface area contributed by atoms with Gasteiger partial charge >= 0.3 is 15.2 Å². The summed E-state index contributed by atoms with van der Waals surface area (Å²) in [6.07, 6.45) is -8.60. The van der Waals surface area contributed by atoms with E-state index in [0.29, 0.717) is 5.52 Å². The first-order valence-corrected chi connectivity index (χ1v) is 14.0. The van der Waals surface area contributed by atoms with Gasteiger partial charge in [-0.25, -0.2) is 4.98 Å². The fraction of sp³-hybridized carbons (Fsp3) is 0.647. The number of ether oxygens (including phenoxy) is 2. The van der Waals surface area contributed by atoms with E-state index in [1.165, 1.54) is 27.7 Å². The van der Waals surface area contributed by atoms with Gasteiger partial charge in [0.15, 0.2) is 23.8 Å². The molecule has 10 atom stereocenters. The number of pyridine rings is 1. The first kappa shape index (κ1) is 25.1. The average molecular weight is 538 g/mol. The van der Waals surface area contributed by atoms with Crippen LogP contribution in [0.5, 0.6) is 0 Å². The molecular weight excluding hydrogens is 514 g/mol. The summed E-state index contributed by atoms with van der Waals surface area (Å²) >= 11 is 0. The van der Waals surface area contributed by atoms with Crippen LogP contribution in [0.4, 0.5) is 0 Å². The maximum atomic E-state index is 12.4. The standard InChI is InChI=1S/C17H24N4O12P2/c18-15-10-7-1-2-20(15)16-13(24)11(22)8(32-16)3-30-34(26,27)6-35(28,29)31-4-9-12(23)14(25)17(33-9)21(7)5-19-10/h1-2,5,8-9,11-14,16-18,22-25H,3-4,6H2,(H,26,27)(H,28,29)/t8-,9+,11-,12+,13-,14+,16-,17-/m0/s1. The van der Waals surface area contributed by atoms with Crippen molar-refractivity contribution in [3.8, 4) is 0 Å². The molecule has 18 heteroatoms. The normalized spacial score (nSPS) is 44.6. The Bertz CT molecular complexity index is 1280. The van der Waals surface area contributed by atoms with E-state index in [-0.39, 0.29) is 11.0 Å². The summed E-state index contributed by atoms with van der Waals surface area (Å²) in [5.74, 6) is -1.31. The van der Waals surface area contributed by atoms with E-state index in [9.17, 15) is 39.3 Å². The number of aliphatic hydroxyl groups excluding tert-OH is 4. The molecule has 2 unspecified atom stereocenters. The van der Waals surface area contributed by atoms with E-state index < -0.39 is 83.4 Å². The molecule has 2 aromatic heterocycles. The van der Waals surface area contributed by atoms with Crippen molar-refractivity contribution in [1.29, 1.82) is 5.41 Å². The second-order valence-electron chi connectivity index (χ2n) is 8.56. The molecular formula is C17H24N4O12P2. The van der Waals surface area contributed by atoms with Crippen LogP contribution in [-0.4, -0.2) is 100 Å². The second kappa shape index (κ2) is 8.80. The van der Waals surface area contributed by atoms with Crippen molar-refractivity contribution in [1.82, 2.24) is 14.1 Å². The lowest BCUT2D eigenvalue weighted by atomic mass is 10.1. The number of fused-ring (bicyclic) bond motifs is 7. The minimum absolute atomic E-state index is 0.114. The number of hydrogen-bond donors (Lipinski definition) is 7. The quantitative estimate of drug-likeness (QED) is 0.179. The molecule has 16 nitrogen and oxygen atoms in total. The molecule has 2 aromatic rings. The van der Waals surface area contributed by atoms with Crippen LogP contribution >= 0.6 is 15.2 Å². The van der Waals surface area contributed by atoms with Crippen molar-refractivity contribution in [3.63, 3.8) is 0 Å². The third kappa shape index (κ3) is 4.44. The molecule has 0 spiro atoms. The smallest absolute Gasteiger partial charge is 0.340 e. The van der Waals surface area contributed by atoms with Crippen LogP contribution in [0.25, 0.3) is 11.0 Å². The Labute approximate surface area is 196 Å². The number of nitrogens with one attached hydrogen (secondary N) is 1. The lowest BCUT2D eigenvalue weighted by molar-refractivity contribution is -0.0526. The molecule has 6 heterocycles. The zero-order valence-corrected chi connectivity index (χ0v) is 19.6. The monoisotopic (exact) mass is 538 g/mol. The fourth-order valence-electron chi connectivity index (χ4n) is 4.36. The molecule has 35 heavy (non-hydrogen) atoms. The number of aliphatic hydroxyl groups is 4. The number of nitrogens with zero attached hydrogens (tertiary/aromatic N) is 3. The van der Waals surface area contributed by atoms with E-state index >= 15 is 0 Å². The van der Waals surface area contributed by atoms with Crippen LogP contribution in [0.2, 0.25) is 0 Å². The zero-order valence-electron chi connectivity index (χ0n) is 17.8. The predicted molar refractivity (Wildman–Crippen MR) is 112 cm³/mol. The van der Waals surface area contributed by atoms with Gasteiger partial charge in [-0.3, -0.25) is 14.5 Å². The van der Waals surface area contributed by atoms with Gasteiger partial charge in [0.05, 0.1) is 25.1 Å². The highest BCUT2D eigenvalue weighted by atomic mass is 31.2. The van der Waals surface area contributed by atoms with E-state index in [0.717, 1.165) is 0 Å². The van der Waals surface area contributed by atoms with Crippen molar-refractivity contribution >= 4 is 26.2 Å². The molecule has 4 aliphatic rings. The molecule has 7 N–H and O–H groups in total. The van der Waals surface area contributed by atoms with Crippen LogP contribution in [0.3, 0.4) is 0 Å². The van der Waals surface area contributed by atoms with Crippen LogP contribution in [0.15, 0.2) is 18.6 Å². The highest BCUT2D eigenvalue weighted by Gasteiger charge is 2.48. The van der Waals surface area contributed by atoms with Crippen LogP contribution in [0.1, 0.15) is 12.5 Å². The zero-order chi connectivity index (χ0) is 25.3. The predicted octanol–water partition coefficient (Wildman–Crippen LogP) is -2.07. The summed E-state index contributed by atoms with van der Waals surface area (Å²) in [5.41, 5.74) is 0.220. The first-order valence-electron chi connectivity index (χ1n) is 10.5. The van der Waals surface area contributed by atoms with Gasteiger partial charge in [-0.05, 0) is 6.07 Å². The van der Waals surface area contributed by atoms with Gasteiger partial charge in [0, 0.05) is 6.20 Å². The van der Waals surface area contributed by atoms with Gasteiger partial charge in [0.25, 0.3) is 0 Å². The molecule has 0 amide bonds. The molecule has 0 aliphatic carbocycles. The molecule has 0 radical (unpaired) electrons. The summed E-state index contributed by atoms with van der Waals surface area (Å²) in [6.45, 7) is -1.41. The van der Waals surface area contributed by atoms with Gasteiger partial charge < -0.3 is 57.9 Å². The van der Waals surface area contributed by atoms with Gasteiger partial charge in [-0.1, -0.05) is 0 Å². The number of hydrogen-bond acceptors (Lipinski definition) is 12. The van der Waals surface area contributed by atoms with Gasteiger partial charge in [0.1, 0.15) is 42.1 Å². The molecule has 6 rings (SSSR count).